The van der Waals surface area contributed by atoms with E-state index in [1.165, 1.54) is 13.0 Å². The number of rotatable bonds is 12. The van der Waals surface area contributed by atoms with Crippen LogP contribution in [0.5, 0.6) is 17.5 Å². The Bertz CT molecular complexity index is 2420. The Morgan fingerprint density at radius 3 is 2.24 bits per heavy atom. The summed E-state index contributed by atoms with van der Waals surface area (Å²) in [6, 6.07) is 15.6. The van der Waals surface area contributed by atoms with Crippen molar-refractivity contribution in [1.29, 1.82) is 0 Å². The van der Waals surface area contributed by atoms with Crippen molar-refractivity contribution in [3.05, 3.63) is 99.5 Å². The maximum absolute atomic E-state index is 17.7. The molecule has 7 heterocycles. The summed E-state index contributed by atoms with van der Waals surface area (Å²) < 4.78 is 108. The Morgan fingerprint density at radius 2 is 1.60 bits per heavy atom. The molecule has 0 aliphatic carbocycles. The number of alkyl halides is 4. The van der Waals surface area contributed by atoms with Crippen molar-refractivity contribution >= 4 is 17.6 Å². The largest absolute Gasteiger partial charge is 0.497 e. The minimum atomic E-state index is -4.93. The molecule has 1 aromatic heterocycles. The molecule has 2 bridgehead atoms. The lowest BCUT2D eigenvalue weighted by Crippen LogP contribution is -2.49. The second-order valence-corrected chi connectivity index (χ2v) is 20.1. The second kappa shape index (κ2) is 18.8. The highest BCUT2D eigenvalue weighted by molar-refractivity contribution is 5.69. The molecule has 3 unspecified atom stereocenters. The van der Waals surface area contributed by atoms with Crippen LogP contribution >= 0.6 is 0 Å². The van der Waals surface area contributed by atoms with E-state index in [2.05, 4.69) is 9.80 Å². The number of aromatic nitrogens is 2. The van der Waals surface area contributed by atoms with Gasteiger partial charge in [0.1, 0.15) is 35.7 Å². The summed E-state index contributed by atoms with van der Waals surface area (Å²) in [5.41, 5.74) is -0.563. The van der Waals surface area contributed by atoms with Crippen molar-refractivity contribution in [3.8, 4) is 17.5 Å². The molecular weight excluding hydrogens is 888 g/mol. The number of hydrogen-bond donors (Lipinski definition) is 0. The van der Waals surface area contributed by atoms with E-state index in [4.69, 9.17) is 33.7 Å². The summed E-state index contributed by atoms with van der Waals surface area (Å²) in [7, 11) is 3.11. The van der Waals surface area contributed by atoms with Crippen LogP contribution in [0.3, 0.4) is 0 Å². The fraction of sp³-hybridized carbons (Fsp3) is 0.549. The molecular formula is C51H61F5N6O6. The molecule has 3 aromatic carbocycles. The zero-order valence-electron chi connectivity index (χ0n) is 39.6. The predicted molar refractivity (Wildman–Crippen MR) is 245 cm³/mol. The summed E-state index contributed by atoms with van der Waals surface area (Å²) >= 11 is 0. The molecule has 68 heavy (non-hydrogen) atoms. The van der Waals surface area contributed by atoms with Crippen LogP contribution in [0.4, 0.5) is 38.3 Å². The van der Waals surface area contributed by atoms with E-state index >= 15 is 17.6 Å². The van der Waals surface area contributed by atoms with E-state index in [1.807, 2.05) is 45.0 Å². The molecule has 10 rings (SSSR count). The quantitative estimate of drug-likeness (QED) is 0.127. The standard InChI is InChI=1S/C51H61F5N6O6/c1-31-20-41(59(23-32-9-14-37(64-5)15-10-32)24-33-11-16-38(65-6)17-12-33)45(53)43(44(31)51(54,55)56)42-21-40-39(29-66-42)46(58-47(57-40)67-30-50-18-7-19-61(50)27-35(52)22-50)60-25-34-8-13-36(28-60)62(26-34)48(63)68-49(2,3)4/h9-12,14-17,20,34-36,42H,7-8,13,18-19,21-30H2,1-6H3/t34?,35-,36?,42?,50+/m1/s1. The van der Waals surface area contributed by atoms with Gasteiger partial charge in [-0.3, -0.25) is 4.90 Å². The minimum Gasteiger partial charge on any atom is -0.497 e. The highest BCUT2D eigenvalue weighted by Gasteiger charge is 2.50. The number of carbonyl (C=O) groups excluding carboxylic acids is 1. The van der Waals surface area contributed by atoms with Gasteiger partial charge < -0.3 is 38.4 Å². The molecule has 12 nitrogen and oxygen atoms in total. The molecule has 366 valence electrons. The van der Waals surface area contributed by atoms with Gasteiger partial charge >= 0.3 is 18.3 Å². The highest BCUT2D eigenvalue weighted by atomic mass is 19.4. The van der Waals surface area contributed by atoms with Crippen LogP contribution in [0.25, 0.3) is 0 Å². The van der Waals surface area contributed by atoms with E-state index < -0.39 is 46.5 Å². The number of carbonyl (C=O) groups is 1. The monoisotopic (exact) mass is 948 g/mol. The van der Waals surface area contributed by atoms with Crippen LogP contribution in [0.2, 0.25) is 0 Å². The van der Waals surface area contributed by atoms with E-state index in [9.17, 15) is 9.18 Å². The second-order valence-electron chi connectivity index (χ2n) is 20.1. The molecule has 17 heteroatoms. The Kier molecular flexibility index (Phi) is 13.2. The average molecular weight is 949 g/mol. The van der Waals surface area contributed by atoms with Gasteiger partial charge in [0.05, 0.1) is 55.5 Å². The molecule has 0 radical (unpaired) electrons. The minimum absolute atomic E-state index is 0.00938. The lowest BCUT2D eigenvalue weighted by molar-refractivity contribution is -0.140. The highest BCUT2D eigenvalue weighted by Crippen LogP contribution is 2.47. The topological polar surface area (TPSA) is 102 Å². The van der Waals surface area contributed by atoms with Gasteiger partial charge in [-0.2, -0.15) is 23.1 Å². The summed E-state index contributed by atoms with van der Waals surface area (Å²) in [4.78, 5) is 31.1. The maximum Gasteiger partial charge on any atom is 0.417 e. The molecule has 6 aliphatic rings. The van der Waals surface area contributed by atoms with Crippen molar-refractivity contribution in [2.45, 2.75) is 122 Å². The van der Waals surface area contributed by atoms with E-state index in [1.54, 1.807) is 48.3 Å². The van der Waals surface area contributed by atoms with Gasteiger partial charge in [0.25, 0.3) is 0 Å². The lowest BCUT2D eigenvalue weighted by atomic mass is 9.90. The first-order chi connectivity index (χ1) is 32.4. The number of nitrogens with zero attached hydrogens (tertiary/aromatic N) is 6. The van der Waals surface area contributed by atoms with Crippen LogP contribution < -0.4 is 24.0 Å². The number of anilines is 2. The fourth-order valence-electron chi connectivity index (χ4n) is 11.0. The van der Waals surface area contributed by atoms with Crippen molar-refractivity contribution in [1.82, 2.24) is 19.8 Å². The van der Waals surface area contributed by atoms with Gasteiger partial charge in [-0.15, -0.1) is 0 Å². The Labute approximate surface area is 394 Å². The zero-order valence-corrected chi connectivity index (χ0v) is 39.6. The van der Waals surface area contributed by atoms with Crippen molar-refractivity contribution in [3.63, 3.8) is 0 Å². The number of benzene rings is 3. The summed E-state index contributed by atoms with van der Waals surface area (Å²) in [6.07, 6.45) is -4.32. The summed E-state index contributed by atoms with van der Waals surface area (Å²) in [5.74, 6) is 0.782. The number of amides is 1. The third-order valence-electron chi connectivity index (χ3n) is 14.2. The number of aryl methyl sites for hydroxylation is 1. The maximum atomic E-state index is 17.7. The van der Waals surface area contributed by atoms with E-state index in [-0.39, 0.29) is 68.0 Å². The number of hydrogen-bond acceptors (Lipinski definition) is 11. The van der Waals surface area contributed by atoms with Gasteiger partial charge in [-0.1, -0.05) is 24.3 Å². The van der Waals surface area contributed by atoms with Crippen LogP contribution in [-0.4, -0.2) is 103 Å². The molecule has 5 atom stereocenters. The first-order valence-corrected chi connectivity index (χ1v) is 23.6. The molecule has 6 aliphatic heterocycles. The number of ether oxygens (including phenoxy) is 5. The van der Waals surface area contributed by atoms with Gasteiger partial charge in [-0.25, -0.2) is 13.6 Å². The van der Waals surface area contributed by atoms with E-state index in [0.717, 1.165) is 43.4 Å². The van der Waals surface area contributed by atoms with E-state index in [0.29, 0.717) is 61.2 Å². The first-order valence-electron chi connectivity index (χ1n) is 23.6. The van der Waals surface area contributed by atoms with Crippen molar-refractivity contribution in [2.24, 2.45) is 5.92 Å². The number of fused-ring (bicyclic) bond motifs is 6. The van der Waals surface area contributed by atoms with Crippen LogP contribution in [0.1, 0.15) is 98.1 Å². The Morgan fingerprint density at radius 1 is 0.926 bits per heavy atom. The molecule has 4 aromatic rings. The van der Waals surface area contributed by atoms with Crippen LogP contribution in [-0.2, 0) is 41.8 Å². The van der Waals surface area contributed by atoms with Gasteiger partial charge in [-0.05, 0) is 113 Å². The van der Waals surface area contributed by atoms with Crippen LogP contribution in [0.15, 0.2) is 54.6 Å². The summed E-state index contributed by atoms with van der Waals surface area (Å²) in [6.45, 7) is 9.63. The Hall–Kier alpha value is -5.42. The average Bonchev–Trinajstić information content (AvgIpc) is 3.66. The predicted octanol–water partition coefficient (Wildman–Crippen LogP) is 9.77. The van der Waals surface area contributed by atoms with Crippen molar-refractivity contribution in [2.75, 3.05) is 63.4 Å². The SMILES string of the molecule is COc1ccc(CN(Cc2ccc(OC)cc2)c2cc(C)c(C(F)(F)F)c(C3Cc4nc(OC[C@@]56CCCN5C[C@H](F)C6)nc(N5CC6CCC(C5)N(C(=O)OC(C)(C)C)C6)c4CO3)c2F)cc1. The molecule has 5 fully saturated rings. The normalized spacial score (nSPS) is 23.8. The summed E-state index contributed by atoms with van der Waals surface area (Å²) in [5, 5.41) is 0. The molecule has 0 spiro atoms. The fourth-order valence-corrected chi connectivity index (χ4v) is 11.0. The molecule has 0 N–H and O–H groups in total. The number of methoxy groups -OCH3 is 2. The first kappa shape index (κ1) is 47.6. The van der Waals surface area contributed by atoms with Gasteiger partial charge in [0, 0.05) is 63.2 Å². The smallest absolute Gasteiger partial charge is 0.417 e. The third-order valence-corrected chi connectivity index (χ3v) is 14.2. The number of piperidine rings is 1. The lowest BCUT2D eigenvalue weighted by Gasteiger charge is -2.37. The molecule has 1 amide bonds. The zero-order chi connectivity index (χ0) is 48.1. The van der Waals surface area contributed by atoms with Gasteiger partial charge in [0.15, 0.2) is 5.82 Å². The molecule has 0 saturated carbocycles. The van der Waals surface area contributed by atoms with Crippen molar-refractivity contribution < 1.29 is 50.4 Å². The molecule has 5 saturated heterocycles. The van der Waals surface area contributed by atoms with Gasteiger partial charge in [0.2, 0.25) is 0 Å². The Balaban J connectivity index is 1.10. The third kappa shape index (κ3) is 9.87. The van der Waals surface area contributed by atoms with Crippen LogP contribution in [0, 0.1) is 18.7 Å². The number of halogens is 5.